The van der Waals surface area contributed by atoms with Crippen molar-refractivity contribution in [2.24, 2.45) is 0 Å². The molecule has 148 valence electrons. The molecule has 28 heavy (non-hydrogen) atoms. The molecule has 1 aliphatic rings. The van der Waals surface area contributed by atoms with Gasteiger partial charge in [-0.25, -0.2) is 0 Å². The van der Waals surface area contributed by atoms with E-state index >= 15 is 0 Å². The van der Waals surface area contributed by atoms with Crippen molar-refractivity contribution in [1.82, 2.24) is 5.32 Å². The summed E-state index contributed by atoms with van der Waals surface area (Å²) in [5, 5.41) is 2.76. The van der Waals surface area contributed by atoms with Crippen LogP contribution in [0.5, 0.6) is 23.0 Å². The van der Waals surface area contributed by atoms with Gasteiger partial charge in [-0.1, -0.05) is 12.1 Å². The maximum Gasteiger partial charge on any atom is 0.387 e. The fraction of sp³-hybridized carbons (Fsp3) is 0.250. The molecular weight excluding hydrogens is 372 g/mol. The standard InChI is InChI=1S/C20H19F2NO5/c1-25-17-10-14(3-6-16(17)28-20(21)22)8-9-23-19(24)7-4-13-2-5-15-18(11-13)27-12-26-15/h2-7,10-11,20H,8-9,12H2,1H3,(H,23,24)/b7-4+. The summed E-state index contributed by atoms with van der Waals surface area (Å²) >= 11 is 0. The Morgan fingerprint density at radius 3 is 2.79 bits per heavy atom. The average Bonchev–Trinajstić information content (AvgIpc) is 3.15. The molecule has 0 bridgehead atoms. The lowest BCUT2D eigenvalue weighted by atomic mass is 10.1. The lowest BCUT2D eigenvalue weighted by Crippen LogP contribution is -2.23. The number of methoxy groups -OCH3 is 1. The second-order valence-electron chi connectivity index (χ2n) is 5.85. The van der Waals surface area contributed by atoms with Crippen molar-refractivity contribution in [3.63, 3.8) is 0 Å². The maximum atomic E-state index is 12.3. The van der Waals surface area contributed by atoms with Crippen LogP contribution in [-0.2, 0) is 11.2 Å². The zero-order valence-corrected chi connectivity index (χ0v) is 15.1. The highest BCUT2D eigenvalue weighted by Gasteiger charge is 2.13. The number of alkyl halides is 2. The van der Waals surface area contributed by atoms with Crippen molar-refractivity contribution < 1.29 is 32.5 Å². The van der Waals surface area contributed by atoms with Gasteiger partial charge in [-0.3, -0.25) is 4.79 Å². The van der Waals surface area contributed by atoms with Gasteiger partial charge < -0.3 is 24.3 Å². The number of rotatable bonds is 8. The summed E-state index contributed by atoms with van der Waals surface area (Å²) < 4.78 is 44.7. The summed E-state index contributed by atoms with van der Waals surface area (Å²) in [4.78, 5) is 12.0. The summed E-state index contributed by atoms with van der Waals surface area (Å²) in [7, 11) is 1.38. The number of ether oxygens (including phenoxy) is 4. The Morgan fingerprint density at radius 1 is 1.18 bits per heavy atom. The van der Waals surface area contributed by atoms with Crippen LogP contribution in [0.25, 0.3) is 6.08 Å². The Hall–Kier alpha value is -3.29. The number of hydrogen-bond donors (Lipinski definition) is 1. The van der Waals surface area contributed by atoms with Crippen LogP contribution >= 0.6 is 0 Å². The number of halogens is 2. The molecular formula is C20H19F2NO5. The Morgan fingerprint density at radius 2 is 2.00 bits per heavy atom. The SMILES string of the molecule is COc1cc(CCNC(=O)/C=C/c2ccc3c(c2)OCO3)ccc1OC(F)F. The van der Waals surface area contributed by atoms with Crippen molar-refractivity contribution in [2.45, 2.75) is 13.0 Å². The molecule has 6 nitrogen and oxygen atoms in total. The van der Waals surface area contributed by atoms with Gasteiger partial charge in [0, 0.05) is 12.6 Å². The number of nitrogens with one attached hydrogen (secondary N) is 1. The van der Waals surface area contributed by atoms with Gasteiger partial charge in [-0.2, -0.15) is 8.78 Å². The lowest BCUT2D eigenvalue weighted by molar-refractivity contribution is -0.116. The Balaban J connectivity index is 1.50. The van der Waals surface area contributed by atoms with Gasteiger partial charge in [0.15, 0.2) is 23.0 Å². The minimum Gasteiger partial charge on any atom is -0.493 e. The molecule has 2 aromatic carbocycles. The predicted octanol–water partition coefficient (Wildman–Crippen LogP) is 3.40. The highest BCUT2D eigenvalue weighted by molar-refractivity contribution is 5.91. The van der Waals surface area contributed by atoms with E-state index in [-0.39, 0.29) is 24.2 Å². The smallest absolute Gasteiger partial charge is 0.387 e. The van der Waals surface area contributed by atoms with Crippen LogP contribution in [0, 0.1) is 0 Å². The van der Waals surface area contributed by atoms with Crippen LogP contribution in [0.3, 0.4) is 0 Å². The van der Waals surface area contributed by atoms with E-state index in [1.807, 2.05) is 6.07 Å². The zero-order valence-electron chi connectivity index (χ0n) is 15.1. The number of hydrogen-bond acceptors (Lipinski definition) is 5. The zero-order chi connectivity index (χ0) is 19.9. The third-order valence-electron chi connectivity index (χ3n) is 3.98. The molecule has 1 amide bonds. The van der Waals surface area contributed by atoms with E-state index in [9.17, 15) is 13.6 Å². The van der Waals surface area contributed by atoms with Crippen LogP contribution in [0.2, 0.25) is 0 Å². The minimum absolute atomic E-state index is 0.0306. The Bertz CT molecular complexity index is 870. The predicted molar refractivity (Wildman–Crippen MR) is 97.9 cm³/mol. The maximum absolute atomic E-state index is 12.3. The van der Waals surface area contributed by atoms with Gasteiger partial charge in [0.05, 0.1) is 7.11 Å². The first-order valence-electron chi connectivity index (χ1n) is 8.52. The van der Waals surface area contributed by atoms with Crippen molar-refractivity contribution in [2.75, 3.05) is 20.4 Å². The van der Waals surface area contributed by atoms with Gasteiger partial charge in [-0.05, 0) is 47.9 Å². The highest BCUT2D eigenvalue weighted by Crippen LogP contribution is 2.32. The van der Waals surface area contributed by atoms with Crippen LogP contribution in [0.4, 0.5) is 8.78 Å². The van der Waals surface area contributed by atoms with E-state index in [0.717, 1.165) is 11.1 Å². The largest absolute Gasteiger partial charge is 0.493 e. The number of amides is 1. The number of fused-ring (bicyclic) bond motifs is 1. The van der Waals surface area contributed by atoms with E-state index in [0.29, 0.717) is 24.5 Å². The van der Waals surface area contributed by atoms with Gasteiger partial charge in [-0.15, -0.1) is 0 Å². The summed E-state index contributed by atoms with van der Waals surface area (Å²) in [6.07, 6.45) is 3.61. The topological polar surface area (TPSA) is 66.0 Å². The van der Waals surface area contributed by atoms with Crippen LogP contribution < -0.4 is 24.3 Å². The van der Waals surface area contributed by atoms with Crippen molar-refractivity contribution in [1.29, 1.82) is 0 Å². The molecule has 0 atom stereocenters. The molecule has 0 saturated heterocycles. The van der Waals surface area contributed by atoms with Gasteiger partial charge in [0.1, 0.15) is 0 Å². The molecule has 0 radical (unpaired) electrons. The first-order chi connectivity index (χ1) is 13.5. The normalized spacial score (nSPS) is 12.4. The van der Waals surface area contributed by atoms with Crippen LogP contribution in [0.15, 0.2) is 42.5 Å². The number of carbonyl (C=O) groups excluding carboxylic acids is 1. The third kappa shape index (κ3) is 5.12. The lowest BCUT2D eigenvalue weighted by Gasteiger charge is -2.11. The first-order valence-corrected chi connectivity index (χ1v) is 8.52. The van der Waals surface area contributed by atoms with Gasteiger partial charge in [0.25, 0.3) is 0 Å². The molecule has 0 saturated carbocycles. The monoisotopic (exact) mass is 391 g/mol. The second kappa shape index (κ2) is 9.07. The molecule has 3 rings (SSSR count). The van der Waals surface area contributed by atoms with E-state index in [4.69, 9.17) is 14.2 Å². The molecule has 0 fully saturated rings. The number of benzene rings is 2. The van der Waals surface area contributed by atoms with E-state index < -0.39 is 6.61 Å². The van der Waals surface area contributed by atoms with E-state index in [2.05, 4.69) is 10.1 Å². The summed E-state index contributed by atoms with van der Waals surface area (Å²) in [5.41, 5.74) is 1.64. The van der Waals surface area contributed by atoms with Gasteiger partial charge >= 0.3 is 6.61 Å². The fourth-order valence-corrected chi connectivity index (χ4v) is 2.64. The Kier molecular flexibility index (Phi) is 6.31. The second-order valence-corrected chi connectivity index (χ2v) is 5.85. The molecule has 0 aromatic heterocycles. The molecule has 0 unspecified atom stereocenters. The third-order valence-corrected chi connectivity index (χ3v) is 3.98. The minimum atomic E-state index is -2.92. The fourth-order valence-electron chi connectivity index (χ4n) is 2.64. The summed E-state index contributed by atoms with van der Waals surface area (Å²) in [5.74, 6) is 1.27. The van der Waals surface area contributed by atoms with Crippen molar-refractivity contribution >= 4 is 12.0 Å². The molecule has 1 heterocycles. The van der Waals surface area contributed by atoms with Crippen LogP contribution in [-0.4, -0.2) is 33.0 Å². The number of carbonyl (C=O) groups is 1. The van der Waals surface area contributed by atoms with Crippen molar-refractivity contribution in [3.05, 3.63) is 53.6 Å². The molecule has 1 aliphatic heterocycles. The van der Waals surface area contributed by atoms with E-state index in [1.54, 1.807) is 30.3 Å². The molecule has 1 N–H and O–H groups in total. The highest BCUT2D eigenvalue weighted by atomic mass is 19.3. The van der Waals surface area contributed by atoms with Crippen molar-refractivity contribution in [3.8, 4) is 23.0 Å². The quantitative estimate of drug-likeness (QED) is 0.699. The molecule has 8 heteroatoms. The van der Waals surface area contributed by atoms with E-state index in [1.165, 1.54) is 19.3 Å². The average molecular weight is 391 g/mol. The molecule has 2 aromatic rings. The Labute approximate surface area is 160 Å². The summed E-state index contributed by atoms with van der Waals surface area (Å²) in [6.45, 7) is -2.35. The molecule has 0 aliphatic carbocycles. The van der Waals surface area contributed by atoms with Crippen LogP contribution in [0.1, 0.15) is 11.1 Å². The van der Waals surface area contributed by atoms with Gasteiger partial charge in [0.2, 0.25) is 12.7 Å². The molecule has 0 spiro atoms. The summed E-state index contributed by atoms with van der Waals surface area (Å²) in [6, 6.07) is 10.1. The first kappa shape index (κ1) is 19.5.